The van der Waals surface area contributed by atoms with Crippen LogP contribution in [0.4, 0.5) is 0 Å². The zero-order valence-corrected chi connectivity index (χ0v) is 11.0. The summed E-state index contributed by atoms with van der Waals surface area (Å²) in [7, 11) is 0. The predicted molar refractivity (Wildman–Crippen MR) is 62.9 cm³/mol. The predicted octanol–water partition coefficient (Wildman–Crippen LogP) is 1.16. The zero-order chi connectivity index (χ0) is 12.7. The van der Waals surface area contributed by atoms with Crippen LogP contribution in [0, 0.1) is 5.41 Å². The molecule has 16 heavy (non-hydrogen) atoms. The van der Waals surface area contributed by atoms with E-state index < -0.39 is 5.54 Å². The number of nitrogens with zero attached hydrogens (tertiary/aromatic N) is 1. The molecular weight excluding hydrogens is 204 g/mol. The summed E-state index contributed by atoms with van der Waals surface area (Å²) in [4.78, 5) is 25.6. The maximum Gasteiger partial charge on any atom is 0.248 e. The van der Waals surface area contributed by atoms with Crippen molar-refractivity contribution < 1.29 is 9.59 Å². The molecule has 1 atom stereocenters. The summed E-state index contributed by atoms with van der Waals surface area (Å²) in [6, 6.07) is -0.375. The molecular formula is C12H22N2O2. The Morgan fingerprint density at radius 3 is 2.25 bits per heavy atom. The van der Waals surface area contributed by atoms with Gasteiger partial charge in [-0.25, -0.2) is 0 Å². The zero-order valence-electron chi connectivity index (χ0n) is 11.0. The van der Waals surface area contributed by atoms with Crippen molar-refractivity contribution in [1.82, 2.24) is 10.2 Å². The highest BCUT2D eigenvalue weighted by Crippen LogP contribution is 2.23. The number of hydrogen-bond donors (Lipinski definition) is 1. The van der Waals surface area contributed by atoms with E-state index in [1.807, 2.05) is 0 Å². The monoisotopic (exact) mass is 226 g/mol. The first kappa shape index (κ1) is 13.0. The Balaban J connectivity index is 2.95. The van der Waals surface area contributed by atoms with Gasteiger partial charge in [-0.3, -0.25) is 9.59 Å². The quantitative estimate of drug-likeness (QED) is 0.729. The van der Waals surface area contributed by atoms with Crippen molar-refractivity contribution in [3.05, 3.63) is 0 Å². The van der Waals surface area contributed by atoms with Gasteiger partial charge < -0.3 is 10.2 Å². The van der Waals surface area contributed by atoms with Gasteiger partial charge in [0, 0.05) is 6.54 Å². The molecule has 0 radical (unpaired) electrons. The highest BCUT2D eigenvalue weighted by Gasteiger charge is 2.44. The number of amides is 2. The fraction of sp³-hybridized carbons (Fsp3) is 0.833. The van der Waals surface area contributed by atoms with Gasteiger partial charge in [0.25, 0.3) is 0 Å². The van der Waals surface area contributed by atoms with Crippen LogP contribution in [0.1, 0.15) is 41.5 Å². The Labute approximate surface area is 97.4 Å². The Bertz CT molecular complexity index is 315. The highest BCUT2D eigenvalue weighted by molar-refractivity contribution is 5.99. The summed E-state index contributed by atoms with van der Waals surface area (Å²) < 4.78 is 0. The molecule has 0 aromatic heterocycles. The summed E-state index contributed by atoms with van der Waals surface area (Å²) in [5.74, 6) is -0.0802. The summed E-state index contributed by atoms with van der Waals surface area (Å²) >= 11 is 0. The minimum absolute atomic E-state index is 0.00236. The molecule has 1 aliphatic rings. The summed E-state index contributed by atoms with van der Waals surface area (Å²) in [6.45, 7) is 12.0. The molecule has 0 aliphatic carbocycles. The van der Waals surface area contributed by atoms with Gasteiger partial charge in [0.15, 0.2) is 0 Å². The summed E-state index contributed by atoms with van der Waals surface area (Å²) in [6.07, 6.45) is 0. The molecule has 1 unspecified atom stereocenters. The third-order valence-electron chi connectivity index (χ3n) is 2.72. The number of piperazine rings is 1. The van der Waals surface area contributed by atoms with Gasteiger partial charge in [0.05, 0.1) is 0 Å². The van der Waals surface area contributed by atoms with Gasteiger partial charge in [0.1, 0.15) is 11.6 Å². The van der Waals surface area contributed by atoms with Crippen molar-refractivity contribution in [2.75, 3.05) is 6.54 Å². The van der Waals surface area contributed by atoms with Crippen LogP contribution in [-0.2, 0) is 9.59 Å². The molecule has 1 fully saturated rings. The maximum atomic E-state index is 12.2. The molecule has 4 nitrogen and oxygen atoms in total. The lowest BCUT2D eigenvalue weighted by Gasteiger charge is -2.43. The molecule has 1 heterocycles. The summed E-state index contributed by atoms with van der Waals surface area (Å²) in [5.41, 5.74) is -0.785. The van der Waals surface area contributed by atoms with Gasteiger partial charge in [-0.05, 0) is 26.2 Å². The van der Waals surface area contributed by atoms with Gasteiger partial charge in [0.2, 0.25) is 11.8 Å². The van der Waals surface area contributed by atoms with Crippen LogP contribution in [0.2, 0.25) is 0 Å². The Morgan fingerprint density at radius 1 is 1.31 bits per heavy atom. The molecule has 0 bridgehead atoms. The first-order chi connectivity index (χ1) is 7.04. The fourth-order valence-electron chi connectivity index (χ4n) is 1.86. The molecule has 1 rings (SSSR count). The second-order valence-corrected chi connectivity index (χ2v) is 6.28. The van der Waals surface area contributed by atoms with Gasteiger partial charge in [-0.2, -0.15) is 0 Å². The topological polar surface area (TPSA) is 49.4 Å². The van der Waals surface area contributed by atoms with Gasteiger partial charge in [-0.1, -0.05) is 20.8 Å². The van der Waals surface area contributed by atoms with Crippen LogP contribution in [0.5, 0.6) is 0 Å². The van der Waals surface area contributed by atoms with E-state index >= 15 is 0 Å². The van der Waals surface area contributed by atoms with Crippen LogP contribution in [-0.4, -0.2) is 34.8 Å². The van der Waals surface area contributed by atoms with Crippen molar-refractivity contribution in [3.8, 4) is 0 Å². The molecule has 1 aliphatic heterocycles. The van der Waals surface area contributed by atoms with Crippen LogP contribution >= 0.6 is 0 Å². The first-order valence-electron chi connectivity index (χ1n) is 5.68. The van der Waals surface area contributed by atoms with E-state index in [1.165, 1.54) is 0 Å². The molecule has 0 aromatic rings. The van der Waals surface area contributed by atoms with E-state index in [9.17, 15) is 9.59 Å². The number of carbonyl (C=O) groups is 2. The highest BCUT2D eigenvalue weighted by atomic mass is 16.2. The lowest BCUT2D eigenvalue weighted by Crippen LogP contribution is -2.68. The van der Waals surface area contributed by atoms with E-state index in [1.54, 1.807) is 25.7 Å². The molecule has 0 spiro atoms. The second-order valence-electron chi connectivity index (χ2n) is 6.28. The van der Waals surface area contributed by atoms with Crippen LogP contribution in [0.25, 0.3) is 0 Å². The van der Waals surface area contributed by atoms with E-state index in [4.69, 9.17) is 0 Å². The Hall–Kier alpha value is -1.06. The minimum Gasteiger partial charge on any atom is -0.340 e. The smallest absolute Gasteiger partial charge is 0.248 e. The molecule has 0 saturated carbocycles. The van der Waals surface area contributed by atoms with Crippen LogP contribution in [0.3, 0.4) is 0 Å². The molecule has 0 aromatic carbocycles. The third kappa shape index (κ3) is 2.54. The molecule has 92 valence electrons. The molecule has 2 amide bonds. The van der Waals surface area contributed by atoms with Crippen molar-refractivity contribution in [2.24, 2.45) is 5.41 Å². The standard InChI is InChI=1S/C12H22N2O2/c1-8-9(15)13-12(5,6)10(16)14(8)7-11(2,3)4/h8H,7H2,1-6H3,(H,13,15). The van der Waals surface area contributed by atoms with E-state index in [0.717, 1.165) is 0 Å². The minimum atomic E-state index is -0.783. The average molecular weight is 226 g/mol. The Kier molecular flexibility index (Phi) is 3.05. The van der Waals surface area contributed by atoms with E-state index in [2.05, 4.69) is 26.1 Å². The number of carbonyl (C=O) groups excluding carboxylic acids is 2. The van der Waals surface area contributed by atoms with Crippen LogP contribution in [0.15, 0.2) is 0 Å². The van der Waals surface area contributed by atoms with Crippen LogP contribution < -0.4 is 5.32 Å². The molecule has 1 N–H and O–H groups in total. The molecule has 1 saturated heterocycles. The van der Waals surface area contributed by atoms with Gasteiger partial charge >= 0.3 is 0 Å². The number of nitrogens with one attached hydrogen (secondary N) is 1. The van der Waals surface area contributed by atoms with Crippen molar-refractivity contribution in [3.63, 3.8) is 0 Å². The van der Waals surface area contributed by atoms with Crippen molar-refractivity contribution >= 4 is 11.8 Å². The third-order valence-corrected chi connectivity index (χ3v) is 2.72. The number of rotatable bonds is 1. The summed E-state index contributed by atoms with van der Waals surface area (Å²) in [5, 5.41) is 2.74. The van der Waals surface area contributed by atoms with Gasteiger partial charge in [-0.15, -0.1) is 0 Å². The van der Waals surface area contributed by atoms with Crippen molar-refractivity contribution in [2.45, 2.75) is 53.1 Å². The second kappa shape index (κ2) is 3.75. The van der Waals surface area contributed by atoms with Crippen molar-refractivity contribution in [1.29, 1.82) is 0 Å². The normalized spacial score (nSPS) is 25.6. The number of hydrogen-bond acceptors (Lipinski definition) is 2. The Morgan fingerprint density at radius 2 is 1.81 bits per heavy atom. The lowest BCUT2D eigenvalue weighted by molar-refractivity contribution is -0.154. The maximum absolute atomic E-state index is 12.2. The SMILES string of the molecule is CC1C(=O)NC(C)(C)C(=O)N1CC(C)(C)C. The lowest BCUT2D eigenvalue weighted by atomic mass is 9.91. The van der Waals surface area contributed by atoms with E-state index in [-0.39, 0.29) is 23.3 Å². The largest absolute Gasteiger partial charge is 0.340 e. The first-order valence-corrected chi connectivity index (χ1v) is 5.68. The fourth-order valence-corrected chi connectivity index (χ4v) is 1.86. The average Bonchev–Trinajstić information content (AvgIpc) is 2.07. The van der Waals surface area contributed by atoms with E-state index in [0.29, 0.717) is 6.54 Å². The molecule has 4 heteroatoms.